The molecule has 2 aromatic carbocycles. The standard InChI is InChI=1S/C36H45NO5S2/c1-4-21-37(44(41,42)33-13-9-22-43-33)25-36(40)20-18-32-30-17-15-27(24-31(30)34(39)28-11-6-5-7-12-28)23-29(38)16-14-26(2)10-8-19-35(32,36)3/h5-7,9-13,15,17,22,24,29,32,38,40H,4,8,14,16,18-21,23,25H2,1-3H3. The predicted molar refractivity (Wildman–Crippen MR) is 177 cm³/mol. The number of sulfonamides is 1. The second-order valence-electron chi connectivity index (χ2n) is 12.9. The zero-order valence-electron chi connectivity index (χ0n) is 26.0. The first kappa shape index (κ1) is 32.8. The molecule has 6 nitrogen and oxygen atoms in total. The smallest absolute Gasteiger partial charge is 0.252 e. The van der Waals surface area contributed by atoms with Gasteiger partial charge in [0.2, 0.25) is 0 Å². The third-order valence-electron chi connectivity index (χ3n) is 9.95. The van der Waals surface area contributed by atoms with Crippen LogP contribution < -0.4 is 0 Å². The van der Waals surface area contributed by atoms with Crippen molar-refractivity contribution in [3.63, 3.8) is 0 Å². The van der Waals surface area contributed by atoms with E-state index in [0.717, 1.165) is 17.5 Å². The summed E-state index contributed by atoms with van der Waals surface area (Å²) in [7, 11) is -3.78. The minimum Gasteiger partial charge on any atom is -0.393 e. The van der Waals surface area contributed by atoms with Crippen molar-refractivity contribution in [3.05, 3.63) is 99.9 Å². The molecule has 4 unspecified atom stereocenters. The molecule has 2 bridgehead atoms. The molecule has 2 N–H and O–H groups in total. The zero-order chi connectivity index (χ0) is 31.5. The average Bonchev–Trinajstić information content (AvgIpc) is 3.64. The summed E-state index contributed by atoms with van der Waals surface area (Å²) in [5.74, 6) is -0.246. The fourth-order valence-corrected chi connectivity index (χ4v) is 10.0. The molecule has 0 spiro atoms. The Balaban J connectivity index is 1.62. The fourth-order valence-electron chi connectivity index (χ4n) is 7.30. The van der Waals surface area contributed by atoms with Crippen molar-refractivity contribution in [2.45, 2.75) is 94.0 Å². The number of rotatable bonds is 8. The molecule has 1 aromatic heterocycles. The van der Waals surface area contributed by atoms with Gasteiger partial charge in [0.05, 0.1) is 11.7 Å². The lowest BCUT2D eigenvalue weighted by Gasteiger charge is -2.46. The SMILES string of the molecule is CCCN(CC1(O)CCC2c3ccc(cc3C(=O)c3ccccc3)CC(O)CCC(C)=CCCC21C)S(=O)(=O)c1cccs1. The lowest BCUT2D eigenvalue weighted by atomic mass is 9.64. The van der Waals surface area contributed by atoms with E-state index in [1.807, 2.05) is 55.5 Å². The molecule has 0 saturated heterocycles. The molecule has 4 atom stereocenters. The Morgan fingerprint density at radius 3 is 2.55 bits per heavy atom. The summed E-state index contributed by atoms with van der Waals surface area (Å²) >= 11 is 1.20. The number of benzene rings is 2. The predicted octanol–water partition coefficient (Wildman–Crippen LogP) is 7.12. The van der Waals surface area contributed by atoms with Crippen LogP contribution in [-0.4, -0.2) is 53.5 Å². The van der Waals surface area contributed by atoms with Crippen molar-refractivity contribution in [2.75, 3.05) is 13.1 Å². The van der Waals surface area contributed by atoms with Crippen molar-refractivity contribution >= 4 is 27.1 Å². The van der Waals surface area contributed by atoms with Gasteiger partial charge in [-0.05, 0) is 92.8 Å². The quantitative estimate of drug-likeness (QED) is 0.203. The van der Waals surface area contributed by atoms with Gasteiger partial charge >= 0.3 is 0 Å². The maximum atomic E-state index is 14.1. The second kappa shape index (κ2) is 13.4. The van der Waals surface area contributed by atoms with Crippen LogP contribution in [-0.2, 0) is 16.4 Å². The van der Waals surface area contributed by atoms with Crippen LogP contribution in [0.15, 0.2) is 81.9 Å². The van der Waals surface area contributed by atoms with E-state index >= 15 is 0 Å². The Hall–Kier alpha value is -2.62. The number of aliphatic hydroxyl groups is 2. The van der Waals surface area contributed by atoms with E-state index in [2.05, 4.69) is 19.9 Å². The summed E-state index contributed by atoms with van der Waals surface area (Å²) in [5.41, 5.74) is 2.17. The monoisotopic (exact) mass is 635 g/mol. The van der Waals surface area contributed by atoms with Crippen LogP contribution >= 0.6 is 11.3 Å². The highest BCUT2D eigenvalue weighted by molar-refractivity contribution is 7.91. The first-order valence-corrected chi connectivity index (χ1v) is 18.1. The molecular weight excluding hydrogens is 591 g/mol. The van der Waals surface area contributed by atoms with Crippen LogP contribution in [0.4, 0.5) is 0 Å². The summed E-state index contributed by atoms with van der Waals surface area (Å²) in [6.45, 7) is 6.45. The van der Waals surface area contributed by atoms with Crippen LogP contribution in [0.25, 0.3) is 0 Å². The highest BCUT2D eigenvalue weighted by atomic mass is 32.2. The maximum absolute atomic E-state index is 14.1. The molecule has 0 radical (unpaired) electrons. The summed E-state index contributed by atoms with van der Waals surface area (Å²) in [6, 6.07) is 18.6. The normalized spacial score (nSPS) is 26.3. The number of hydrogen-bond acceptors (Lipinski definition) is 6. The highest BCUT2D eigenvalue weighted by Gasteiger charge is 2.58. The lowest BCUT2D eigenvalue weighted by molar-refractivity contribution is -0.0723. The maximum Gasteiger partial charge on any atom is 0.252 e. The van der Waals surface area contributed by atoms with Crippen LogP contribution in [0, 0.1) is 5.41 Å². The number of aliphatic hydroxyl groups excluding tert-OH is 1. The molecular formula is C36H45NO5S2. The van der Waals surface area contributed by atoms with Gasteiger partial charge in [0.25, 0.3) is 10.0 Å². The number of carbonyl (C=O) groups is 1. The van der Waals surface area contributed by atoms with Crippen molar-refractivity contribution < 1.29 is 23.4 Å². The molecule has 1 saturated carbocycles. The zero-order valence-corrected chi connectivity index (χ0v) is 27.7. The average molecular weight is 636 g/mol. The van der Waals surface area contributed by atoms with Gasteiger partial charge in [0.15, 0.2) is 5.78 Å². The third kappa shape index (κ3) is 6.51. The number of carbonyl (C=O) groups excluding carboxylic acids is 1. The van der Waals surface area contributed by atoms with Gasteiger partial charge < -0.3 is 10.2 Å². The first-order valence-electron chi connectivity index (χ1n) is 15.8. The van der Waals surface area contributed by atoms with Gasteiger partial charge in [-0.25, -0.2) is 8.42 Å². The van der Waals surface area contributed by atoms with Gasteiger partial charge in [-0.15, -0.1) is 11.3 Å². The number of nitrogens with zero attached hydrogens (tertiary/aromatic N) is 1. The van der Waals surface area contributed by atoms with E-state index in [9.17, 15) is 23.4 Å². The lowest BCUT2D eigenvalue weighted by Crippen LogP contribution is -2.53. The van der Waals surface area contributed by atoms with Gasteiger partial charge in [0.1, 0.15) is 4.21 Å². The minimum atomic E-state index is -3.78. The summed E-state index contributed by atoms with van der Waals surface area (Å²) in [6.07, 6.45) is 6.57. The molecule has 3 aliphatic carbocycles. The van der Waals surface area contributed by atoms with Gasteiger partial charge in [-0.1, -0.05) is 74.0 Å². The number of thiophene rings is 1. The van der Waals surface area contributed by atoms with E-state index in [1.54, 1.807) is 17.5 Å². The largest absolute Gasteiger partial charge is 0.393 e. The molecule has 6 rings (SSSR count). The molecule has 3 aromatic rings. The highest BCUT2D eigenvalue weighted by Crippen LogP contribution is 2.59. The molecule has 8 heteroatoms. The van der Waals surface area contributed by atoms with Crippen molar-refractivity contribution in [3.8, 4) is 0 Å². The summed E-state index contributed by atoms with van der Waals surface area (Å²) in [5, 5.41) is 25.3. The topological polar surface area (TPSA) is 94.9 Å². The van der Waals surface area contributed by atoms with E-state index in [4.69, 9.17) is 0 Å². The van der Waals surface area contributed by atoms with E-state index in [0.29, 0.717) is 62.6 Å². The number of hydrogen-bond donors (Lipinski definition) is 2. The molecule has 1 heterocycles. The minimum absolute atomic E-state index is 0.00299. The number of fused-ring (bicyclic) bond motifs is 8. The molecule has 44 heavy (non-hydrogen) atoms. The Morgan fingerprint density at radius 1 is 1.07 bits per heavy atom. The first-order chi connectivity index (χ1) is 21.0. The Morgan fingerprint density at radius 2 is 1.84 bits per heavy atom. The van der Waals surface area contributed by atoms with Crippen LogP contribution in [0.5, 0.6) is 0 Å². The third-order valence-corrected chi connectivity index (χ3v) is 13.2. The molecule has 236 valence electrons. The van der Waals surface area contributed by atoms with Crippen molar-refractivity contribution in [2.24, 2.45) is 5.41 Å². The number of ketones is 1. The molecule has 0 aliphatic heterocycles. The van der Waals surface area contributed by atoms with Gasteiger partial charge in [-0.3, -0.25) is 4.79 Å². The van der Waals surface area contributed by atoms with Crippen LogP contribution in [0.2, 0.25) is 0 Å². The van der Waals surface area contributed by atoms with Crippen molar-refractivity contribution in [1.82, 2.24) is 4.31 Å². The molecule has 3 aliphatic rings. The van der Waals surface area contributed by atoms with E-state index in [-0.39, 0.29) is 22.5 Å². The Kier molecular flexibility index (Phi) is 9.97. The fraction of sp³-hybridized carbons (Fsp3) is 0.472. The number of allylic oxidation sites excluding steroid dienone is 2. The van der Waals surface area contributed by atoms with E-state index in [1.165, 1.54) is 21.2 Å². The summed E-state index contributed by atoms with van der Waals surface area (Å²) < 4.78 is 29.3. The van der Waals surface area contributed by atoms with Gasteiger partial charge in [-0.2, -0.15) is 4.31 Å². The van der Waals surface area contributed by atoms with E-state index < -0.39 is 27.1 Å². The molecule has 0 amide bonds. The van der Waals surface area contributed by atoms with Crippen LogP contribution in [0.3, 0.4) is 0 Å². The Bertz CT molecular complexity index is 1580. The summed E-state index contributed by atoms with van der Waals surface area (Å²) in [4.78, 5) is 14.1. The Labute approximate surface area is 266 Å². The van der Waals surface area contributed by atoms with Gasteiger partial charge in [0, 0.05) is 29.6 Å². The second-order valence-corrected chi connectivity index (χ2v) is 16.0. The molecule has 1 fully saturated rings. The van der Waals surface area contributed by atoms with Crippen molar-refractivity contribution in [1.29, 1.82) is 0 Å². The van der Waals surface area contributed by atoms with Crippen LogP contribution in [0.1, 0.15) is 98.7 Å².